The number of nitrogens with one attached hydrogen (secondary N) is 4. The number of amides is 2. The largest absolute Gasteiger partial charge is 0.395 e. The van der Waals surface area contributed by atoms with Gasteiger partial charge in [-0.1, -0.05) is 30.0 Å². The molecule has 0 bridgehead atoms. The van der Waals surface area contributed by atoms with Crippen LogP contribution in [0, 0.1) is 5.41 Å². The SMILES string of the molecule is N=C(N)SCc1cc(NCCO)nc(-c2ccc(NC(=O)Nc3ccccc3)cc2)n1. The van der Waals surface area contributed by atoms with Crippen LogP contribution in [0.3, 0.4) is 0 Å². The summed E-state index contributed by atoms with van der Waals surface area (Å²) >= 11 is 1.17. The smallest absolute Gasteiger partial charge is 0.323 e. The van der Waals surface area contributed by atoms with Gasteiger partial charge in [0.15, 0.2) is 11.0 Å². The van der Waals surface area contributed by atoms with Gasteiger partial charge >= 0.3 is 6.03 Å². The van der Waals surface area contributed by atoms with Crippen molar-refractivity contribution in [1.29, 1.82) is 5.41 Å². The molecule has 2 aromatic carbocycles. The summed E-state index contributed by atoms with van der Waals surface area (Å²) in [4.78, 5) is 21.2. The highest BCUT2D eigenvalue weighted by atomic mass is 32.2. The van der Waals surface area contributed by atoms with Gasteiger partial charge in [0.1, 0.15) is 5.82 Å². The number of urea groups is 1. The maximum absolute atomic E-state index is 12.1. The van der Waals surface area contributed by atoms with E-state index >= 15 is 0 Å². The van der Waals surface area contributed by atoms with Gasteiger partial charge in [0, 0.05) is 35.3 Å². The lowest BCUT2D eigenvalue weighted by molar-refractivity contribution is 0.262. The summed E-state index contributed by atoms with van der Waals surface area (Å²) in [6.45, 7) is 0.331. The molecule has 1 heterocycles. The van der Waals surface area contributed by atoms with Crippen LogP contribution in [0.15, 0.2) is 60.7 Å². The summed E-state index contributed by atoms with van der Waals surface area (Å²) in [6.07, 6.45) is 0. The van der Waals surface area contributed by atoms with Crippen LogP contribution in [0.1, 0.15) is 5.69 Å². The van der Waals surface area contributed by atoms with E-state index in [4.69, 9.17) is 16.2 Å². The van der Waals surface area contributed by atoms with E-state index in [2.05, 4.69) is 25.9 Å². The van der Waals surface area contributed by atoms with Gasteiger partial charge < -0.3 is 26.8 Å². The fourth-order valence-electron chi connectivity index (χ4n) is 2.64. The van der Waals surface area contributed by atoms with E-state index in [1.165, 1.54) is 11.8 Å². The first-order valence-corrected chi connectivity index (χ1v) is 10.4. The molecule has 0 saturated carbocycles. The fourth-order valence-corrected chi connectivity index (χ4v) is 3.10. The van der Waals surface area contributed by atoms with Crippen LogP contribution in [0.25, 0.3) is 11.4 Å². The third-order valence-corrected chi connectivity index (χ3v) is 4.76. The van der Waals surface area contributed by atoms with Crippen molar-refractivity contribution in [3.8, 4) is 11.4 Å². The predicted molar refractivity (Wildman–Crippen MR) is 125 cm³/mol. The number of carbonyl (C=O) groups is 1. The molecule has 3 aromatic rings. The van der Waals surface area contributed by atoms with Crippen LogP contribution in [-0.4, -0.2) is 39.4 Å². The van der Waals surface area contributed by atoms with Gasteiger partial charge in [-0.05, 0) is 36.4 Å². The zero-order valence-corrected chi connectivity index (χ0v) is 17.4. The van der Waals surface area contributed by atoms with Crippen molar-refractivity contribution < 1.29 is 9.90 Å². The van der Waals surface area contributed by atoms with Crippen molar-refractivity contribution in [2.75, 3.05) is 29.1 Å². The third kappa shape index (κ3) is 6.98. The number of aliphatic hydroxyl groups excluding tert-OH is 1. The minimum atomic E-state index is -0.339. The summed E-state index contributed by atoms with van der Waals surface area (Å²) in [7, 11) is 0. The average Bonchev–Trinajstić information content (AvgIpc) is 2.77. The van der Waals surface area contributed by atoms with Gasteiger partial charge in [-0.15, -0.1) is 0 Å². The normalized spacial score (nSPS) is 10.4. The van der Waals surface area contributed by atoms with Gasteiger partial charge in [0.2, 0.25) is 0 Å². The van der Waals surface area contributed by atoms with Crippen molar-refractivity contribution in [1.82, 2.24) is 9.97 Å². The molecule has 160 valence electrons. The Morgan fingerprint density at radius 1 is 1.03 bits per heavy atom. The number of aromatic nitrogens is 2. The summed E-state index contributed by atoms with van der Waals surface area (Å²) in [5.74, 6) is 1.49. The number of carbonyl (C=O) groups excluding carboxylic acids is 1. The van der Waals surface area contributed by atoms with Gasteiger partial charge in [-0.2, -0.15) is 0 Å². The highest BCUT2D eigenvalue weighted by molar-refractivity contribution is 8.13. The highest BCUT2D eigenvalue weighted by Gasteiger charge is 2.09. The molecule has 10 heteroatoms. The number of hydrogen-bond donors (Lipinski definition) is 6. The zero-order valence-electron chi connectivity index (χ0n) is 16.6. The Hall–Kier alpha value is -3.63. The van der Waals surface area contributed by atoms with E-state index < -0.39 is 0 Å². The molecule has 0 aliphatic carbocycles. The van der Waals surface area contributed by atoms with Crippen LogP contribution < -0.4 is 21.7 Å². The lowest BCUT2D eigenvalue weighted by atomic mass is 10.2. The first-order valence-electron chi connectivity index (χ1n) is 9.46. The van der Waals surface area contributed by atoms with Gasteiger partial charge in [-0.25, -0.2) is 14.8 Å². The van der Waals surface area contributed by atoms with E-state index in [1.807, 2.05) is 30.3 Å². The van der Waals surface area contributed by atoms with Crippen molar-refractivity contribution in [2.45, 2.75) is 5.75 Å². The van der Waals surface area contributed by atoms with E-state index in [1.54, 1.807) is 30.3 Å². The Morgan fingerprint density at radius 2 is 1.71 bits per heavy atom. The second-order valence-corrected chi connectivity index (χ2v) is 7.41. The second-order valence-electron chi connectivity index (χ2n) is 6.39. The molecule has 0 spiro atoms. The van der Waals surface area contributed by atoms with E-state index in [0.717, 1.165) is 5.56 Å². The molecule has 0 aliphatic heterocycles. The number of aliphatic hydroxyl groups is 1. The average molecular weight is 438 g/mol. The highest BCUT2D eigenvalue weighted by Crippen LogP contribution is 2.22. The van der Waals surface area contributed by atoms with Crippen LogP contribution in [0.4, 0.5) is 22.0 Å². The molecular weight excluding hydrogens is 414 g/mol. The molecule has 0 saturated heterocycles. The number of anilines is 3. The van der Waals surface area contributed by atoms with Crippen molar-refractivity contribution in [3.05, 3.63) is 66.4 Å². The number of benzene rings is 2. The predicted octanol–water partition coefficient (Wildman–Crippen LogP) is 3.32. The maximum Gasteiger partial charge on any atom is 0.323 e. The number of amidine groups is 1. The van der Waals surface area contributed by atoms with Crippen LogP contribution in [0.5, 0.6) is 0 Å². The van der Waals surface area contributed by atoms with Crippen LogP contribution in [-0.2, 0) is 5.75 Å². The maximum atomic E-state index is 12.1. The summed E-state index contributed by atoms with van der Waals surface area (Å²) in [5.41, 5.74) is 8.22. The Balaban J connectivity index is 1.73. The van der Waals surface area contributed by atoms with Crippen LogP contribution in [0.2, 0.25) is 0 Å². The number of hydrogen-bond acceptors (Lipinski definition) is 7. The molecule has 3 rings (SSSR count). The number of thioether (sulfide) groups is 1. The first kappa shape index (κ1) is 22.1. The summed E-state index contributed by atoms with van der Waals surface area (Å²) in [6, 6.07) is 17.8. The summed E-state index contributed by atoms with van der Waals surface area (Å²) in [5, 5.41) is 25.0. The minimum absolute atomic E-state index is 0.00855. The summed E-state index contributed by atoms with van der Waals surface area (Å²) < 4.78 is 0. The number of nitrogens with two attached hydrogens (primary N) is 1. The van der Waals surface area contributed by atoms with Crippen LogP contribution >= 0.6 is 11.8 Å². The fraction of sp³-hybridized carbons (Fsp3) is 0.143. The number of nitrogens with zero attached hydrogens (tertiary/aromatic N) is 2. The van der Waals surface area contributed by atoms with Crippen molar-refractivity contribution >= 4 is 40.2 Å². The minimum Gasteiger partial charge on any atom is -0.395 e. The molecule has 0 aliphatic rings. The molecule has 7 N–H and O–H groups in total. The Kier molecular flexibility index (Phi) is 7.79. The monoisotopic (exact) mass is 437 g/mol. The second kappa shape index (κ2) is 11.0. The molecule has 0 radical (unpaired) electrons. The van der Waals surface area contributed by atoms with Gasteiger partial charge in [0.05, 0.1) is 12.3 Å². The molecule has 31 heavy (non-hydrogen) atoms. The molecule has 9 nitrogen and oxygen atoms in total. The topological polar surface area (TPSA) is 149 Å². The third-order valence-electron chi connectivity index (χ3n) is 4.01. The van der Waals surface area contributed by atoms with E-state index in [-0.39, 0.29) is 17.8 Å². The van der Waals surface area contributed by atoms with Crippen molar-refractivity contribution in [2.24, 2.45) is 5.73 Å². The molecule has 0 unspecified atom stereocenters. The lowest BCUT2D eigenvalue weighted by Gasteiger charge is -2.11. The molecule has 2 amide bonds. The van der Waals surface area contributed by atoms with E-state index in [9.17, 15) is 4.79 Å². The lowest BCUT2D eigenvalue weighted by Crippen LogP contribution is -2.19. The number of para-hydroxylation sites is 1. The van der Waals surface area contributed by atoms with E-state index in [0.29, 0.717) is 41.0 Å². The quantitative estimate of drug-likeness (QED) is 0.234. The Labute approximate surface area is 184 Å². The Morgan fingerprint density at radius 3 is 2.35 bits per heavy atom. The molecule has 0 fully saturated rings. The van der Waals surface area contributed by atoms with Gasteiger partial charge in [0.25, 0.3) is 0 Å². The molecular formula is C21H23N7O2S. The van der Waals surface area contributed by atoms with Crippen molar-refractivity contribution in [3.63, 3.8) is 0 Å². The Bertz CT molecular complexity index is 1030. The molecule has 0 atom stereocenters. The molecule has 1 aromatic heterocycles. The first-order chi connectivity index (χ1) is 15.0. The number of rotatable bonds is 8. The van der Waals surface area contributed by atoms with Gasteiger partial charge in [-0.3, -0.25) is 5.41 Å². The zero-order chi connectivity index (χ0) is 22.1. The standard InChI is InChI=1S/C21H23N7O2S/c22-20(23)31-13-17-12-18(24-10-11-29)28-19(25-17)14-6-8-16(9-7-14)27-21(30)26-15-4-2-1-3-5-15/h1-9,12,29H,10-11,13H2,(H3,22,23)(H,24,25,28)(H2,26,27,30).